The van der Waals surface area contributed by atoms with Gasteiger partial charge in [-0.1, -0.05) is 24.4 Å². The van der Waals surface area contributed by atoms with E-state index in [9.17, 15) is 14.0 Å². The first-order valence-corrected chi connectivity index (χ1v) is 11.3. The average molecular weight is 461 g/mol. The number of hydrogen-bond donors (Lipinski definition) is 0. The average Bonchev–Trinajstić information content (AvgIpc) is 2.82. The highest BCUT2D eigenvalue weighted by molar-refractivity contribution is 6.30. The molecule has 1 aromatic heterocycles. The third kappa shape index (κ3) is 5.45. The van der Waals surface area contributed by atoms with Gasteiger partial charge in [0.1, 0.15) is 24.3 Å². The van der Waals surface area contributed by atoms with Crippen LogP contribution in [0.15, 0.2) is 42.7 Å². The SMILES string of the molecule is O=C(c1ccc(F)cc1)C1CCCCC1C(=O)N1CCOC(COc2cncc(Cl)c2)C1. The second-order valence-electron chi connectivity index (χ2n) is 8.30. The van der Waals surface area contributed by atoms with Gasteiger partial charge in [0, 0.05) is 36.2 Å². The molecule has 0 bridgehead atoms. The van der Waals surface area contributed by atoms with Crippen molar-refractivity contribution in [3.05, 3.63) is 59.1 Å². The standard InChI is InChI=1S/C24H26ClFN2O4/c25-17-11-19(13-27-12-17)32-15-20-14-28(9-10-31-20)24(30)22-4-2-1-3-21(22)23(29)16-5-7-18(26)8-6-16/h5-8,11-13,20-22H,1-4,9-10,14-15H2. The summed E-state index contributed by atoms with van der Waals surface area (Å²) < 4.78 is 24.8. The van der Waals surface area contributed by atoms with Crippen LogP contribution >= 0.6 is 11.6 Å². The number of pyridine rings is 1. The zero-order valence-electron chi connectivity index (χ0n) is 17.7. The third-order valence-corrected chi connectivity index (χ3v) is 6.32. The molecular formula is C24H26ClFN2O4. The van der Waals surface area contributed by atoms with Crippen LogP contribution in [0.3, 0.4) is 0 Å². The molecule has 2 aromatic rings. The number of Topliss-reactive ketones (excluding diaryl/α,β-unsaturated/α-hetero) is 1. The van der Waals surface area contributed by atoms with Crippen LogP contribution in [0.25, 0.3) is 0 Å². The number of morpholine rings is 1. The van der Waals surface area contributed by atoms with Crippen molar-refractivity contribution in [2.24, 2.45) is 11.8 Å². The molecule has 2 fully saturated rings. The van der Waals surface area contributed by atoms with E-state index < -0.39 is 0 Å². The lowest BCUT2D eigenvalue weighted by atomic mass is 9.74. The Hall–Kier alpha value is -2.51. The largest absolute Gasteiger partial charge is 0.489 e. The van der Waals surface area contributed by atoms with Crippen molar-refractivity contribution in [2.45, 2.75) is 31.8 Å². The monoisotopic (exact) mass is 460 g/mol. The van der Waals surface area contributed by atoms with Gasteiger partial charge in [-0.25, -0.2) is 4.39 Å². The van der Waals surface area contributed by atoms with E-state index in [0.29, 0.717) is 48.9 Å². The van der Waals surface area contributed by atoms with Crippen LogP contribution in [0.2, 0.25) is 5.02 Å². The zero-order valence-corrected chi connectivity index (χ0v) is 18.5. The summed E-state index contributed by atoms with van der Waals surface area (Å²) in [5.41, 5.74) is 0.458. The first-order chi connectivity index (χ1) is 15.5. The number of ketones is 1. The van der Waals surface area contributed by atoms with Gasteiger partial charge >= 0.3 is 0 Å². The van der Waals surface area contributed by atoms with Crippen LogP contribution in [0.5, 0.6) is 5.75 Å². The van der Waals surface area contributed by atoms with Gasteiger partial charge in [0.05, 0.1) is 24.4 Å². The van der Waals surface area contributed by atoms with E-state index in [1.54, 1.807) is 17.2 Å². The highest BCUT2D eigenvalue weighted by Gasteiger charge is 2.39. The van der Waals surface area contributed by atoms with Crippen LogP contribution < -0.4 is 4.74 Å². The second kappa shape index (κ2) is 10.4. The molecule has 0 radical (unpaired) electrons. The Balaban J connectivity index is 1.39. The summed E-state index contributed by atoms with van der Waals surface area (Å²) in [6, 6.07) is 7.25. The van der Waals surface area contributed by atoms with Gasteiger partial charge in [0.25, 0.3) is 0 Å². The van der Waals surface area contributed by atoms with Crippen LogP contribution in [0.4, 0.5) is 4.39 Å². The fraction of sp³-hybridized carbons (Fsp3) is 0.458. The van der Waals surface area contributed by atoms with E-state index in [-0.39, 0.29) is 42.1 Å². The maximum Gasteiger partial charge on any atom is 0.226 e. The Morgan fingerprint density at radius 3 is 2.66 bits per heavy atom. The third-order valence-electron chi connectivity index (χ3n) is 6.11. The number of aromatic nitrogens is 1. The maximum atomic E-state index is 13.4. The normalized spacial score (nSPS) is 23.6. The number of ether oxygens (including phenoxy) is 2. The maximum absolute atomic E-state index is 13.4. The molecule has 1 saturated carbocycles. The minimum Gasteiger partial charge on any atom is -0.489 e. The lowest BCUT2D eigenvalue weighted by Gasteiger charge is -2.38. The first-order valence-electron chi connectivity index (χ1n) is 10.9. The number of rotatable bonds is 6. The molecule has 6 nitrogen and oxygen atoms in total. The molecule has 2 aliphatic rings. The highest BCUT2D eigenvalue weighted by Crippen LogP contribution is 2.34. The van der Waals surface area contributed by atoms with Gasteiger partial charge < -0.3 is 14.4 Å². The molecule has 1 amide bonds. The van der Waals surface area contributed by atoms with Gasteiger partial charge in [-0.05, 0) is 37.1 Å². The van der Waals surface area contributed by atoms with E-state index in [1.165, 1.54) is 30.5 Å². The molecule has 170 valence electrons. The molecule has 3 atom stereocenters. The molecule has 1 saturated heterocycles. The summed E-state index contributed by atoms with van der Waals surface area (Å²) in [6.45, 7) is 1.58. The Labute approximate surface area is 191 Å². The molecule has 1 aliphatic carbocycles. The van der Waals surface area contributed by atoms with E-state index in [2.05, 4.69) is 4.98 Å². The Bertz CT molecular complexity index is 955. The van der Waals surface area contributed by atoms with Crippen molar-refractivity contribution in [3.63, 3.8) is 0 Å². The number of amides is 1. The lowest BCUT2D eigenvalue weighted by Crippen LogP contribution is -2.51. The van der Waals surface area contributed by atoms with Crippen molar-refractivity contribution in [3.8, 4) is 5.75 Å². The van der Waals surface area contributed by atoms with Crippen molar-refractivity contribution >= 4 is 23.3 Å². The topological polar surface area (TPSA) is 68.7 Å². The predicted molar refractivity (Wildman–Crippen MR) is 117 cm³/mol. The fourth-order valence-corrected chi connectivity index (χ4v) is 4.65. The van der Waals surface area contributed by atoms with E-state index in [0.717, 1.165) is 12.8 Å². The summed E-state index contributed by atoms with van der Waals surface area (Å²) in [5.74, 6) is -0.669. The molecule has 4 rings (SSSR count). The number of benzene rings is 1. The van der Waals surface area contributed by atoms with Crippen molar-refractivity contribution in [1.82, 2.24) is 9.88 Å². The van der Waals surface area contributed by atoms with Gasteiger partial charge in [-0.15, -0.1) is 0 Å². The summed E-state index contributed by atoms with van der Waals surface area (Å²) in [7, 11) is 0. The van der Waals surface area contributed by atoms with Gasteiger partial charge in [-0.2, -0.15) is 0 Å². The molecule has 32 heavy (non-hydrogen) atoms. The number of halogens is 2. The van der Waals surface area contributed by atoms with E-state index >= 15 is 0 Å². The van der Waals surface area contributed by atoms with Crippen LogP contribution in [-0.4, -0.2) is 54.0 Å². The van der Waals surface area contributed by atoms with E-state index in [4.69, 9.17) is 21.1 Å². The van der Waals surface area contributed by atoms with Gasteiger partial charge in [-0.3, -0.25) is 14.6 Å². The first kappa shape index (κ1) is 22.7. The number of hydrogen-bond acceptors (Lipinski definition) is 5. The molecule has 0 N–H and O–H groups in total. The highest BCUT2D eigenvalue weighted by atomic mass is 35.5. The summed E-state index contributed by atoms with van der Waals surface area (Å²) in [5, 5.41) is 0.484. The van der Waals surface area contributed by atoms with Gasteiger partial charge in [0.2, 0.25) is 5.91 Å². The number of carbonyl (C=O) groups is 2. The molecule has 3 unspecified atom stereocenters. The van der Waals surface area contributed by atoms with Crippen molar-refractivity contribution in [1.29, 1.82) is 0 Å². The fourth-order valence-electron chi connectivity index (χ4n) is 4.48. The van der Waals surface area contributed by atoms with Crippen LogP contribution in [-0.2, 0) is 9.53 Å². The molecular weight excluding hydrogens is 435 g/mol. The van der Waals surface area contributed by atoms with E-state index in [1.807, 2.05) is 0 Å². The predicted octanol–water partition coefficient (Wildman–Crippen LogP) is 4.17. The Kier molecular flexibility index (Phi) is 7.37. The smallest absolute Gasteiger partial charge is 0.226 e. The zero-order chi connectivity index (χ0) is 22.5. The molecule has 2 heterocycles. The number of nitrogens with zero attached hydrogens (tertiary/aromatic N) is 2. The van der Waals surface area contributed by atoms with Crippen LogP contribution in [0.1, 0.15) is 36.0 Å². The minimum atomic E-state index is -0.382. The Morgan fingerprint density at radius 1 is 1.16 bits per heavy atom. The molecule has 8 heteroatoms. The van der Waals surface area contributed by atoms with Crippen LogP contribution in [0, 0.1) is 17.7 Å². The summed E-state index contributed by atoms with van der Waals surface area (Å²) in [6.07, 6.45) is 6.01. The van der Waals surface area contributed by atoms with Crippen molar-refractivity contribution < 1.29 is 23.5 Å². The van der Waals surface area contributed by atoms with Crippen molar-refractivity contribution in [2.75, 3.05) is 26.3 Å². The molecule has 0 spiro atoms. The quantitative estimate of drug-likeness (QED) is 0.605. The second-order valence-corrected chi connectivity index (χ2v) is 8.73. The van der Waals surface area contributed by atoms with Gasteiger partial charge in [0.15, 0.2) is 5.78 Å². The summed E-state index contributed by atoms with van der Waals surface area (Å²) >= 11 is 5.94. The lowest BCUT2D eigenvalue weighted by molar-refractivity contribution is -0.146. The molecule has 1 aromatic carbocycles. The summed E-state index contributed by atoms with van der Waals surface area (Å²) in [4.78, 5) is 32.3. The molecule has 1 aliphatic heterocycles. The Morgan fingerprint density at radius 2 is 1.91 bits per heavy atom. The number of carbonyl (C=O) groups excluding carboxylic acids is 2. The minimum absolute atomic E-state index is 0.0112.